The molecule has 0 radical (unpaired) electrons. The van der Waals surface area contributed by atoms with Gasteiger partial charge in [0.05, 0.1) is 35.4 Å². The minimum Gasteiger partial charge on any atom is -0.497 e. The molecule has 4 fully saturated rings. The number of nitrogens with zero attached hydrogens (tertiary/aromatic N) is 3. The SMILES string of the molecule is COc1ccc2nc3c(nc2c1)O[C@H]1CN(C(=O)CNC(=O)O[C@@H]2C[C@H]2CCCCC3F)[C@H](C(=O)N[C@]2(C(=O)NS(=O)(=O)C3(C)CC3)C[C@H]2C(F)F)[C@@H]1C. The van der Waals surface area contributed by atoms with Crippen LogP contribution in [0.1, 0.15) is 77.1 Å². The lowest BCUT2D eigenvalue weighted by Gasteiger charge is -2.28. The van der Waals surface area contributed by atoms with Crippen molar-refractivity contribution in [3.63, 3.8) is 0 Å². The summed E-state index contributed by atoms with van der Waals surface area (Å²) in [6.07, 6.45) is -4.34. The molecule has 1 unspecified atom stereocenters. The number of hydrogen-bond acceptors (Lipinski definition) is 11. The van der Waals surface area contributed by atoms with Crippen LogP contribution in [0.4, 0.5) is 18.0 Å². The zero-order valence-electron chi connectivity index (χ0n) is 30.0. The number of alkyl carbamates (subject to hydrolysis) is 1. The monoisotopic (exact) mass is 780 g/mol. The second kappa shape index (κ2) is 14.0. The number of alkyl halides is 3. The fourth-order valence-electron chi connectivity index (χ4n) is 7.43. The van der Waals surface area contributed by atoms with Gasteiger partial charge >= 0.3 is 6.09 Å². The second-order valence-electron chi connectivity index (χ2n) is 15.3. The first-order valence-corrected chi connectivity index (χ1v) is 19.6. The van der Waals surface area contributed by atoms with E-state index in [0.29, 0.717) is 42.5 Å². The number of hydrogen-bond donors (Lipinski definition) is 3. The van der Waals surface area contributed by atoms with Crippen LogP contribution < -0.4 is 24.8 Å². The maximum Gasteiger partial charge on any atom is 0.407 e. The average Bonchev–Trinajstić information content (AvgIpc) is 4.07. The lowest BCUT2D eigenvalue weighted by molar-refractivity contribution is -0.140. The molecule has 7 rings (SSSR count). The maximum absolute atomic E-state index is 16.1. The van der Waals surface area contributed by atoms with Crippen LogP contribution in [-0.4, -0.2) is 102 Å². The number of carbonyl (C=O) groups is 4. The fraction of sp³-hybridized carbons (Fsp3) is 0.657. The molecule has 3 N–H and O–H groups in total. The van der Waals surface area contributed by atoms with Gasteiger partial charge in [0.15, 0.2) is 0 Å². The van der Waals surface area contributed by atoms with Crippen molar-refractivity contribution >= 4 is 44.9 Å². The van der Waals surface area contributed by atoms with E-state index in [9.17, 15) is 36.4 Å². The van der Waals surface area contributed by atoms with Gasteiger partial charge in [0, 0.05) is 12.0 Å². The molecule has 1 aromatic carbocycles. The van der Waals surface area contributed by atoms with Gasteiger partial charge in [0.1, 0.15) is 47.9 Å². The molecule has 19 heteroatoms. The van der Waals surface area contributed by atoms with Crippen LogP contribution in [-0.2, 0) is 29.1 Å². The molecule has 5 aliphatic rings. The smallest absolute Gasteiger partial charge is 0.407 e. The van der Waals surface area contributed by atoms with Gasteiger partial charge in [-0.25, -0.2) is 36.4 Å². The average molecular weight is 781 g/mol. The van der Waals surface area contributed by atoms with Crippen molar-refractivity contribution in [2.45, 2.75) is 106 Å². The Balaban J connectivity index is 1.20. The number of nitrogens with one attached hydrogen (secondary N) is 3. The van der Waals surface area contributed by atoms with Gasteiger partial charge in [-0.1, -0.05) is 19.8 Å². The highest BCUT2D eigenvalue weighted by atomic mass is 32.2. The number of aromatic nitrogens is 2. The van der Waals surface area contributed by atoms with Crippen LogP contribution >= 0.6 is 0 Å². The number of ether oxygens (including phenoxy) is 3. The Morgan fingerprint density at radius 3 is 2.52 bits per heavy atom. The van der Waals surface area contributed by atoms with Gasteiger partial charge in [0.25, 0.3) is 5.91 Å². The van der Waals surface area contributed by atoms with Crippen LogP contribution in [0.3, 0.4) is 0 Å². The van der Waals surface area contributed by atoms with E-state index >= 15 is 4.39 Å². The molecular formula is C35H43F3N6O9S. The van der Waals surface area contributed by atoms with Gasteiger partial charge in [-0.05, 0) is 63.5 Å². The predicted molar refractivity (Wildman–Crippen MR) is 184 cm³/mol. The number of fused-ring (bicyclic) bond motifs is 5. The Bertz CT molecular complexity index is 1970. The van der Waals surface area contributed by atoms with E-state index in [4.69, 9.17) is 14.2 Å². The highest BCUT2D eigenvalue weighted by Gasteiger charge is 2.67. The first-order chi connectivity index (χ1) is 25.6. The fourth-order valence-corrected chi connectivity index (χ4v) is 8.74. The van der Waals surface area contributed by atoms with Crippen LogP contribution in [0.2, 0.25) is 0 Å². The van der Waals surface area contributed by atoms with Gasteiger partial charge in [-0.15, -0.1) is 0 Å². The molecule has 294 valence electrons. The first-order valence-electron chi connectivity index (χ1n) is 18.1. The van der Waals surface area contributed by atoms with Crippen molar-refractivity contribution in [2.75, 3.05) is 20.2 Å². The van der Waals surface area contributed by atoms with E-state index in [1.54, 1.807) is 25.1 Å². The molecule has 54 heavy (non-hydrogen) atoms. The second-order valence-corrected chi connectivity index (χ2v) is 17.5. The highest BCUT2D eigenvalue weighted by Crippen LogP contribution is 2.49. The number of benzene rings is 1. The number of halogens is 3. The molecule has 3 heterocycles. The van der Waals surface area contributed by atoms with Crippen molar-refractivity contribution in [3.05, 3.63) is 23.9 Å². The summed E-state index contributed by atoms with van der Waals surface area (Å²) in [7, 11) is -2.78. The maximum atomic E-state index is 16.1. The third kappa shape index (κ3) is 7.22. The number of rotatable bonds is 7. The quantitative estimate of drug-likeness (QED) is 0.374. The van der Waals surface area contributed by atoms with Crippen LogP contribution in [0, 0.1) is 17.8 Å². The Hall–Kier alpha value is -4.42. The molecule has 15 nitrogen and oxygen atoms in total. The number of amides is 4. The van der Waals surface area contributed by atoms with Gasteiger partial charge in [-0.3, -0.25) is 19.1 Å². The summed E-state index contributed by atoms with van der Waals surface area (Å²) in [5.41, 5.74) is -1.65. The summed E-state index contributed by atoms with van der Waals surface area (Å²) in [4.78, 5) is 64.1. The van der Waals surface area contributed by atoms with Gasteiger partial charge < -0.3 is 29.7 Å². The predicted octanol–water partition coefficient (Wildman–Crippen LogP) is 3.07. The number of sulfonamides is 1. The topological polar surface area (TPSA) is 195 Å². The summed E-state index contributed by atoms with van der Waals surface area (Å²) < 4.78 is 87.8. The largest absolute Gasteiger partial charge is 0.497 e. The normalized spacial score (nSPS) is 32.1. The van der Waals surface area contributed by atoms with Crippen molar-refractivity contribution in [1.29, 1.82) is 0 Å². The molecule has 3 saturated carbocycles. The van der Waals surface area contributed by atoms with Crippen molar-refractivity contribution in [3.8, 4) is 11.6 Å². The summed E-state index contributed by atoms with van der Waals surface area (Å²) >= 11 is 0. The molecule has 1 saturated heterocycles. The Morgan fingerprint density at radius 2 is 1.83 bits per heavy atom. The molecule has 8 atom stereocenters. The van der Waals surface area contributed by atoms with Crippen molar-refractivity contribution < 1.29 is 55.0 Å². The van der Waals surface area contributed by atoms with Crippen LogP contribution in [0.25, 0.3) is 11.0 Å². The summed E-state index contributed by atoms with van der Waals surface area (Å²) in [5.74, 6) is -5.34. The lowest BCUT2D eigenvalue weighted by atomic mass is 9.98. The summed E-state index contributed by atoms with van der Waals surface area (Å²) in [6, 6.07) is 3.42. The summed E-state index contributed by atoms with van der Waals surface area (Å²) in [5, 5.41) is 4.78. The molecule has 1 aromatic heterocycles. The van der Waals surface area contributed by atoms with Crippen molar-refractivity contribution in [2.24, 2.45) is 17.8 Å². The third-order valence-corrected chi connectivity index (χ3v) is 13.7. The summed E-state index contributed by atoms with van der Waals surface area (Å²) in [6.45, 7) is 2.07. The van der Waals surface area contributed by atoms with E-state index in [1.165, 1.54) is 14.0 Å². The Labute approximate surface area is 309 Å². The van der Waals surface area contributed by atoms with Gasteiger partial charge in [0.2, 0.25) is 34.1 Å². The Kier molecular flexibility index (Phi) is 9.83. The first kappa shape index (κ1) is 37.9. The zero-order valence-corrected chi connectivity index (χ0v) is 30.8. The molecule has 2 aromatic rings. The lowest BCUT2D eigenvalue weighted by Crippen LogP contribution is -2.59. The van der Waals surface area contributed by atoms with Crippen molar-refractivity contribution in [1.82, 2.24) is 30.2 Å². The molecule has 0 spiro atoms. The molecule has 2 bridgehead atoms. The van der Waals surface area contributed by atoms with E-state index in [0.717, 1.165) is 4.90 Å². The molecular weight excluding hydrogens is 737 g/mol. The third-order valence-electron chi connectivity index (χ3n) is 11.5. The van der Waals surface area contributed by atoms with Gasteiger partial charge in [-0.2, -0.15) is 0 Å². The number of carbonyl (C=O) groups excluding carboxylic acids is 4. The Morgan fingerprint density at radius 1 is 1.09 bits per heavy atom. The number of methoxy groups -OCH3 is 1. The van der Waals surface area contributed by atoms with Crippen LogP contribution in [0.15, 0.2) is 18.2 Å². The van der Waals surface area contributed by atoms with E-state index in [-0.39, 0.29) is 49.4 Å². The van der Waals surface area contributed by atoms with E-state index < -0.39 is 93.7 Å². The van der Waals surface area contributed by atoms with E-state index in [2.05, 4.69) is 20.6 Å². The minimum absolute atomic E-state index is 0.0781. The zero-order chi connectivity index (χ0) is 38.7. The molecule has 2 aliphatic heterocycles. The molecule has 4 amide bonds. The minimum atomic E-state index is -4.25. The van der Waals surface area contributed by atoms with E-state index in [1.807, 2.05) is 4.72 Å². The standard InChI is InChI=1S/C35H43F3N6O9S/c1-17-25-16-44(28(17)30(46)42-35(14-20(35)29(37)38)32(47)43-54(49,50)34(2)10-11-34)26(45)15-39-33(48)53-24-12-18(24)6-4-5-7-21(36)27-31(52-25)41-23-13-19(51-3)8-9-22(23)40-27/h8-9,13,17-18,20-21,24-25,28-29H,4-7,10-12,14-16H2,1-3H3,(H,39,48)(H,42,46)(H,43,47)/t17-,18-,20+,21?,24-,25+,28+,35-/m1/s1. The van der Waals surface area contributed by atoms with Crippen LogP contribution in [0.5, 0.6) is 11.6 Å². The highest BCUT2D eigenvalue weighted by molar-refractivity contribution is 7.91. The molecule has 3 aliphatic carbocycles.